The van der Waals surface area contributed by atoms with Crippen molar-refractivity contribution in [1.29, 1.82) is 0 Å². The third-order valence-electron chi connectivity index (χ3n) is 6.00. The summed E-state index contributed by atoms with van der Waals surface area (Å²) in [4.78, 5) is 23.5. The van der Waals surface area contributed by atoms with E-state index >= 15 is 0 Å². The van der Waals surface area contributed by atoms with Crippen molar-refractivity contribution in [3.8, 4) is 11.4 Å². The van der Waals surface area contributed by atoms with Crippen LogP contribution in [0.3, 0.4) is 0 Å². The van der Waals surface area contributed by atoms with Gasteiger partial charge >= 0.3 is 0 Å². The molecule has 0 radical (unpaired) electrons. The monoisotopic (exact) mass is 471 g/mol. The zero-order valence-electron chi connectivity index (χ0n) is 19.4. The molecule has 0 N–H and O–H groups in total. The summed E-state index contributed by atoms with van der Waals surface area (Å²) in [7, 11) is 0. The summed E-state index contributed by atoms with van der Waals surface area (Å²) in [6, 6.07) is 7.82. The van der Waals surface area contributed by atoms with Crippen LogP contribution in [0.5, 0.6) is 5.75 Å². The average Bonchev–Trinajstić information content (AvgIpc) is 3.17. The largest absolute Gasteiger partial charge is 0.494 e. The van der Waals surface area contributed by atoms with Gasteiger partial charge in [0.1, 0.15) is 10.6 Å². The van der Waals surface area contributed by atoms with Gasteiger partial charge in [-0.1, -0.05) is 44.9 Å². The number of unbranched alkanes of at least 4 members (excludes halogenated alkanes) is 3. The topological polar surface area (TPSA) is 47.4 Å². The predicted molar refractivity (Wildman–Crippen MR) is 136 cm³/mol. The summed E-state index contributed by atoms with van der Waals surface area (Å²) < 4.78 is 7.42. The SMILES string of the molecule is CCCCCCSc1nc2sc3c(c2c(=O)n1-c1ccc(OCC)cc1)CCN(CC)C3. The quantitative estimate of drug-likeness (QED) is 0.209. The number of likely N-dealkylation sites (N-methyl/N-ethyl adjacent to an activating group) is 1. The molecule has 0 saturated heterocycles. The maximum atomic E-state index is 13.9. The van der Waals surface area contributed by atoms with Crippen LogP contribution in [0, 0.1) is 0 Å². The summed E-state index contributed by atoms with van der Waals surface area (Å²) in [6.45, 7) is 9.99. The Morgan fingerprint density at radius 2 is 1.94 bits per heavy atom. The molecule has 0 aliphatic carbocycles. The fourth-order valence-corrected chi connectivity index (χ4v) is 6.54. The fraction of sp³-hybridized carbons (Fsp3) is 0.520. The van der Waals surface area contributed by atoms with Gasteiger partial charge in [-0.3, -0.25) is 14.3 Å². The molecule has 0 unspecified atom stereocenters. The second kappa shape index (κ2) is 10.9. The highest BCUT2D eigenvalue weighted by atomic mass is 32.2. The minimum Gasteiger partial charge on any atom is -0.494 e. The number of nitrogens with zero attached hydrogens (tertiary/aromatic N) is 3. The fourth-order valence-electron chi connectivity index (χ4n) is 4.22. The highest BCUT2D eigenvalue weighted by Crippen LogP contribution is 2.34. The smallest absolute Gasteiger partial charge is 0.267 e. The van der Waals surface area contributed by atoms with E-state index in [1.54, 1.807) is 23.1 Å². The molecule has 1 aliphatic heterocycles. The number of hydrogen-bond donors (Lipinski definition) is 0. The van der Waals surface area contributed by atoms with E-state index in [4.69, 9.17) is 9.72 Å². The predicted octanol–water partition coefficient (Wildman–Crippen LogP) is 5.90. The van der Waals surface area contributed by atoms with Gasteiger partial charge in [0.2, 0.25) is 0 Å². The van der Waals surface area contributed by atoms with Crippen molar-refractivity contribution in [2.45, 2.75) is 64.6 Å². The van der Waals surface area contributed by atoms with E-state index < -0.39 is 0 Å². The van der Waals surface area contributed by atoms with Crippen molar-refractivity contribution in [2.24, 2.45) is 0 Å². The lowest BCUT2D eigenvalue weighted by Gasteiger charge is -2.25. The number of thioether (sulfide) groups is 1. The first-order chi connectivity index (χ1) is 15.7. The van der Waals surface area contributed by atoms with Crippen molar-refractivity contribution in [2.75, 3.05) is 25.4 Å². The van der Waals surface area contributed by atoms with Gasteiger partial charge in [0.05, 0.1) is 17.7 Å². The maximum Gasteiger partial charge on any atom is 0.267 e. The number of thiophene rings is 1. The molecule has 172 valence electrons. The molecule has 0 saturated carbocycles. The summed E-state index contributed by atoms with van der Waals surface area (Å²) in [5, 5.41) is 1.62. The summed E-state index contributed by atoms with van der Waals surface area (Å²) in [5.74, 6) is 1.80. The molecule has 0 amide bonds. The molecular weight excluding hydrogens is 438 g/mol. The van der Waals surface area contributed by atoms with E-state index in [0.717, 1.165) is 65.0 Å². The van der Waals surface area contributed by atoms with Gasteiger partial charge in [-0.05, 0) is 56.1 Å². The van der Waals surface area contributed by atoms with Crippen LogP contribution in [-0.2, 0) is 13.0 Å². The van der Waals surface area contributed by atoms with Crippen LogP contribution >= 0.6 is 23.1 Å². The van der Waals surface area contributed by atoms with Gasteiger partial charge in [0.15, 0.2) is 5.16 Å². The standard InChI is InChI=1S/C25H33N3O2S2/c1-4-7-8-9-16-31-25-26-23-22(20-14-15-27(5-2)17-21(20)32-23)24(29)28(25)18-10-12-19(13-11-18)30-6-3/h10-13H,4-9,14-17H2,1-3H3. The van der Waals surface area contributed by atoms with Crippen LogP contribution in [0.2, 0.25) is 0 Å². The van der Waals surface area contributed by atoms with Crippen LogP contribution < -0.4 is 10.3 Å². The van der Waals surface area contributed by atoms with Crippen LogP contribution in [0.1, 0.15) is 56.9 Å². The Morgan fingerprint density at radius 3 is 2.66 bits per heavy atom. The maximum absolute atomic E-state index is 13.9. The lowest BCUT2D eigenvalue weighted by atomic mass is 10.1. The third-order valence-corrected chi connectivity index (χ3v) is 8.14. The molecule has 2 aromatic heterocycles. The Morgan fingerprint density at radius 1 is 1.12 bits per heavy atom. The molecule has 0 spiro atoms. The Kier molecular flexibility index (Phi) is 7.92. The lowest BCUT2D eigenvalue weighted by Crippen LogP contribution is -2.30. The van der Waals surface area contributed by atoms with Crippen molar-refractivity contribution in [1.82, 2.24) is 14.5 Å². The van der Waals surface area contributed by atoms with E-state index in [-0.39, 0.29) is 5.56 Å². The Balaban J connectivity index is 1.76. The number of aromatic nitrogens is 2. The molecule has 0 fully saturated rings. The van der Waals surface area contributed by atoms with E-state index in [2.05, 4.69) is 18.7 Å². The Hall–Kier alpha value is -1.83. The first kappa shape index (κ1) is 23.3. The van der Waals surface area contributed by atoms with Crippen molar-refractivity contribution < 1.29 is 4.74 Å². The molecule has 7 heteroatoms. The van der Waals surface area contributed by atoms with Crippen LogP contribution in [-0.4, -0.2) is 39.9 Å². The molecule has 4 rings (SSSR count). The third kappa shape index (κ3) is 4.90. The van der Waals surface area contributed by atoms with Gasteiger partial charge in [-0.25, -0.2) is 4.98 Å². The first-order valence-corrected chi connectivity index (χ1v) is 13.6. The van der Waals surface area contributed by atoms with Crippen molar-refractivity contribution in [3.05, 3.63) is 45.1 Å². The number of benzene rings is 1. The van der Waals surface area contributed by atoms with E-state index in [0.29, 0.717) is 6.61 Å². The van der Waals surface area contributed by atoms with E-state index in [1.807, 2.05) is 35.8 Å². The molecule has 5 nitrogen and oxygen atoms in total. The molecule has 0 bridgehead atoms. The zero-order chi connectivity index (χ0) is 22.5. The van der Waals surface area contributed by atoms with Crippen LogP contribution in [0.15, 0.2) is 34.2 Å². The summed E-state index contributed by atoms with van der Waals surface area (Å²) >= 11 is 3.41. The van der Waals surface area contributed by atoms with E-state index in [1.165, 1.54) is 29.7 Å². The number of ether oxygens (including phenoxy) is 1. The molecule has 32 heavy (non-hydrogen) atoms. The summed E-state index contributed by atoms with van der Waals surface area (Å²) in [6.07, 6.45) is 5.76. The highest BCUT2D eigenvalue weighted by molar-refractivity contribution is 7.99. The van der Waals surface area contributed by atoms with Crippen LogP contribution in [0.4, 0.5) is 0 Å². The molecule has 0 atom stereocenters. The molecule has 3 aromatic rings. The zero-order valence-corrected chi connectivity index (χ0v) is 21.0. The number of rotatable bonds is 10. The minimum atomic E-state index is 0.0673. The first-order valence-electron chi connectivity index (χ1n) is 11.8. The molecular formula is C25H33N3O2S2. The van der Waals surface area contributed by atoms with Gasteiger partial charge in [0.25, 0.3) is 5.56 Å². The van der Waals surface area contributed by atoms with Crippen molar-refractivity contribution in [3.63, 3.8) is 0 Å². The minimum absolute atomic E-state index is 0.0673. The van der Waals surface area contributed by atoms with Crippen molar-refractivity contribution >= 4 is 33.3 Å². The second-order valence-electron chi connectivity index (χ2n) is 8.17. The second-order valence-corrected chi connectivity index (χ2v) is 10.3. The van der Waals surface area contributed by atoms with Gasteiger partial charge < -0.3 is 4.74 Å². The Bertz CT molecular complexity index is 1110. The Labute approximate surface area is 198 Å². The molecule has 1 aromatic carbocycles. The van der Waals surface area contributed by atoms with Gasteiger partial charge in [-0.2, -0.15) is 0 Å². The molecule has 3 heterocycles. The summed E-state index contributed by atoms with van der Waals surface area (Å²) in [5.41, 5.74) is 2.14. The van der Waals surface area contributed by atoms with Gasteiger partial charge in [0, 0.05) is 23.7 Å². The highest BCUT2D eigenvalue weighted by Gasteiger charge is 2.25. The average molecular weight is 472 g/mol. The number of hydrogen-bond acceptors (Lipinski definition) is 6. The van der Waals surface area contributed by atoms with Gasteiger partial charge in [-0.15, -0.1) is 11.3 Å². The normalized spacial score (nSPS) is 14.1. The molecule has 1 aliphatic rings. The lowest BCUT2D eigenvalue weighted by molar-refractivity contribution is 0.272. The number of fused-ring (bicyclic) bond motifs is 3. The van der Waals surface area contributed by atoms with E-state index in [9.17, 15) is 4.79 Å². The van der Waals surface area contributed by atoms with Crippen LogP contribution in [0.25, 0.3) is 15.9 Å².